The van der Waals surface area contributed by atoms with Crippen LogP contribution in [0.5, 0.6) is 5.75 Å². The third kappa shape index (κ3) is 3.99. The third-order valence-corrected chi connectivity index (χ3v) is 5.57. The molecule has 7 nitrogen and oxygen atoms in total. The number of methoxy groups -OCH3 is 1. The fourth-order valence-electron chi connectivity index (χ4n) is 3.98. The molecule has 1 spiro atoms. The SMILES string of the molecule is COc1ccc(-c2[nH]ncc2CN2CCC3(CC2)CC(=O)NCCO3)cc1. The minimum Gasteiger partial charge on any atom is -0.497 e. The van der Waals surface area contributed by atoms with Gasteiger partial charge in [0.05, 0.1) is 37.6 Å². The molecule has 0 saturated carbocycles. The maximum Gasteiger partial charge on any atom is 0.222 e. The number of likely N-dealkylation sites (tertiary alicyclic amines) is 1. The van der Waals surface area contributed by atoms with E-state index in [4.69, 9.17) is 9.47 Å². The number of hydrogen-bond donors (Lipinski definition) is 2. The molecule has 2 aliphatic heterocycles. The molecule has 2 aliphatic rings. The first-order valence-corrected chi connectivity index (χ1v) is 9.47. The van der Waals surface area contributed by atoms with E-state index in [-0.39, 0.29) is 11.5 Å². The minimum atomic E-state index is -0.285. The number of carbonyl (C=O) groups excluding carboxylic acids is 1. The minimum absolute atomic E-state index is 0.109. The van der Waals surface area contributed by atoms with Gasteiger partial charge in [0.1, 0.15) is 5.75 Å². The number of H-pyrrole nitrogens is 1. The Bertz CT molecular complexity index is 779. The summed E-state index contributed by atoms with van der Waals surface area (Å²) in [6, 6.07) is 8.00. The van der Waals surface area contributed by atoms with Crippen LogP contribution in [0.3, 0.4) is 0 Å². The summed E-state index contributed by atoms with van der Waals surface area (Å²) in [5.41, 5.74) is 3.03. The van der Waals surface area contributed by atoms with Crippen molar-refractivity contribution in [2.75, 3.05) is 33.4 Å². The first kappa shape index (κ1) is 18.0. The summed E-state index contributed by atoms with van der Waals surface area (Å²) in [5, 5.41) is 10.3. The summed E-state index contributed by atoms with van der Waals surface area (Å²) in [5.74, 6) is 0.950. The predicted octanol–water partition coefficient (Wildman–Crippen LogP) is 1.96. The fraction of sp³-hybridized carbons (Fsp3) is 0.500. The summed E-state index contributed by atoms with van der Waals surface area (Å²) < 4.78 is 11.3. The van der Waals surface area contributed by atoms with E-state index in [0.717, 1.165) is 49.5 Å². The molecule has 1 aromatic heterocycles. The van der Waals surface area contributed by atoms with Crippen molar-refractivity contribution in [1.82, 2.24) is 20.4 Å². The number of hydrogen-bond acceptors (Lipinski definition) is 5. The van der Waals surface area contributed by atoms with Gasteiger partial charge >= 0.3 is 0 Å². The van der Waals surface area contributed by atoms with E-state index >= 15 is 0 Å². The Morgan fingerprint density at radius 3 is 2.78 bits per heavy atom. The number of benzene rings is 1. The summed E-state index contributed by atoms with van der Waals surface area (Å²) in [4.78, 5) is 14.3. The average molecular weight is 370 g/mol. The van der Waals surface area contributed by atoms with Crippen LogP contribution in [0, 0.1) is 0 Å². The van der Waals surface area contributed by atoms with Gasteiger partial charge in [-0.05, 0) is 37.1 Å². The molecule has 2 fully saturated rings. The summed E-state index contributed by atoms with van der Waals surface area (Å²) in [6.45, 7) is 3.89. The highest BCUT2D eigenvalue weighted by molar-refractivity contribution is 5.77. The predicted molar refractivity (Wildman–Crippen MR) is 101 cm³/mol. The van der Waals surface area contributed by atoms with Crippen LogP contribution in [0.15, 0.2) is 30.5 Å². The molecule has 0 unspecified atom stereocenters. The van der Waals surface area contributed by atoms with Crippen LogP contribution in [0.25, 0.3) is 11.3 Å². The molecule has 2 aromatic rings. The Kier molecular flexibility index (Phi) is 5.13. The number of piperidine rings is 1. The highest BCUT2D eigenvalue weighted by Crippen LogP contribution is 2.32. The molecule has 1 amide bonds. The largest absolute Gasteiger partial charge is 0.497 e. The van der Waals surface area contributed by atoms with E-state index in [9.17, 15) is 4.79 Å². The molecule has 0 bridgehead atoms. The molecule has 144 valence electrons. The van der Waals surface area contributed by atoms with Crippen molar-refractivity contribution >= 4 is 5.91 Å². The Morgan fingerprint density at radius 1 is 1.26 bits per heavy atom. The Morgan fingerprint density at radius 2 is 2.04 bits per heavy atom. The van der Waals surface area contributed by atoms with Crippen molar-refractivity contribution in [3.63, 3.8) is 0 Å². The van der Waals surface area contributed by atoms with Crippen LogP contribution in [-0.2, 0) is 16.1 Å². The number of aromatic amines is 1. The van der Waals surface area contributed by atoms with Crippen LogP contribution >= 0.6 is 0 Å². The zero-order valence-corrected chi connectivity index (χ0v) is 15.7. The smallest absolute Gasteiger partial charge is 0.222 e. The lowest BCUT2D eigenvalue weighted by Crippen LogP contribution is -2.46. The van der Waals surface area contributed by atoms with Crippen molar-refractivity contribution in [2.24, 2.45) is 0 Å². The fourth-order valence-corrected chi connectivity index (χ4v) is 3.98. The second-order valence-electron chi connectivity index (χ2n) is 7.33. The van der Waals surface area contributed by atoms with Crippen molar-refractivity contribution in [2.45, 2.75) is 31.4 Å². The van der Waals surface area contributed by atoms with Crippen LogP contribution in [0.2, 0.25) is 0 Å². The number of carbonyl (C=O) groups is 1. The van der Waals surface area contributed by atoms with Gasteiger partial charge < -0.3 is 14.8 Å². The van der Waals surface area contributed by atoms with E-state index in [1.807, 2.05) is 30.5 Å². The number of ether oxygens (including phenoxy) is 2. The van der Waals surface area contributed by atoms with Gasteiger partial charge in [-0.2, -0.15) is 5.10 Å². The van der Waals surface area contributed by atoms with Crippen LogP contribution in [0.4, 0.5) is 0 Å². The molecule has 27 heavy (non-hydrogen) atoms. The van der Waals surface area contributed by atoms with E-state index in [0.29, 0.717) is 19.6 Å². The number of rotatable bonds is 4. The molecular weight excluding hydrogens is 344 g/mol. The molecular formula is C20H26N4O3. The summed E-state index contributed by atoms with van der Waals surface area (Å²) in [6.07, 6.45) is 4.15. The Labute approximate surface area is 159 Å². The Hall–Kier alpha value is -2.38. The molecule has 0 radical (unpaired) electrons. The quantitative estimate of drug-likeness (QED) is 0.860. The second-order valence-corrected chi connectivity index (χ2v) is 7.33. The topological polar surface area (TPSA) is 79.5 Å². The van der Waals surface area contributed by atoms with Crippen molar-refractivity contribution in [1.29, 1.82) is 0 Å². The average Bonchev–Trinajstić information content (AvgIpc) is 3.07. The second kappa shape index (κ2) is 7.70. The van der Waals surface area contributed by atoms with Gasteiger partial charge in [0.15, 0.2) is 0 Å². The van der Waals surface area contributed by atoms with E-state index in [2.05, 4.69) is 20.4 Å². The van der Waals surface area contributed by atoms with Gasteiger partial charge in [0.2, 0.25) is 5.91 Å². The van der Waals surface area contributed by atoms with Crippen molar-refractivity contribution < 1.29 is 14.3 Å². The van der Waals surface area contributed by atoms with Gasteiger partial charge in [0.25, 0.3) is 0 Å². The number of nitrogens with zero attached hydrogens (tertiary/aromatic N) is 2. The lowest BCUT2D eigenvalue weighted by Gasteiger charge is -2.40. The summed E-state index contributed by atoms with van der Waals surface area (Å²) in [7, 11) is 1.67. The Balaban J connectivity index is 1.41. The van der Waals surface area contributed by atoms with E-state index < -0.39 is 0 Å². The third-order valence-electron chi connectivity index (χ3n) is 5.57. The number of nitrogens with one attached hydrogen (secondary N) is 2. The van der Waals surface area contributed by atoms with Crippen LogP contribution in [0.1, 0.15) is 24.8 Å². The normalized spacial score (nSPS) is 20.3. The highest BCUT2D eigenvalue weighted by atomic mass is 16.5. The van der Waals surface area contributed by atoms with Gasteiger partial charge in [-0.1, -0.05) is 0 Å². The van der Waals surface area contributed by atoms with E-state index in [1.54, 1.807) is 7.11 Å². The summed E-state index contributed by atoms with van der Waals surface area (Å²) >= 11 is 0. The maximum absolute atomic E-state index is 11.9. The van der Waals surface area contributed by atoms with Gasteiger partial charge in [-0.25, -0.2) is 0 Å². The molecule has 0 atom stereocenters. The van der Waals surface area contributed by atoms with Crippen molar-refractivity contribution in [3.8, 4) is 17.0 Å². The lowest BCUT2D eigenvalue weighted by molar-refractivity contribution is -0.128. The van der Waals surface area contributed by atoms with Gasteiger partial charge in [0, 0.05) is 37.3 Å². The molecule has 2 saturated heterocycles. The zero-order valence-electron chi connectivity index (χ0n) is 15.7. The van der Waals surface area contributed by atoms with E-state index in [1.165, 1.54) is 5.56 Å². The molecule has 7 heteroatoms. The zero-order chi connectivity index (χ0) is 18.7. The monoisotopic (exact) mass is 370 g/mol. The van der Waals surface area contributed by atoms with Gasteiger partial charge in [-0.15, -0.1) is 0 Å². The van der Waals surface area contributed by atoms with Crippen LogP contribution in [-0.4, -0.2) is 60.0 Å². The molecule has 0 aliphatic carbocycles. The first-order chi connectivity index (χ1) is 13.2. The molecule has 3 heterocycles. The maximum atomic E-state index is 11.9. The number of amides is 1. The molecule has 2 N–H and O–H groups in total. The number of aromatic nitrogens is 2. The lowest BCUT2D eigenvalue weighted by atomic mass is 9.87. The standard InChI is InChI=1S/C20H26N4O3/c1-26-17-4-2-15(3-5-17)19-16(13-22-23-19)14-24-9-6-20(7-10-24)12-18(25)21-8-11-27-20/h2-5,13H,6-12,14H2,1H3,(H,21,25)(H,22,23). The molecule has 4 rings (SSSR count). The van der Waals surface area contributed by atoms with Crippen LogP contribution < -0.4 is 10.1 Å². The first-order valence-electron chi connectivity index (χ1n) is 9.47. The van der Waals surface area contributed by atoms with Crippen molar-refractivity contribution in [3.05, 3.63) is 36.0 Å². The molecule has 1 aromatic carbocycles. The van der Waals surface area contributed by atoms with Gasteiger partial charge in [-0.3, -0.25) is 14.8 Å². The highest BCUT2D eigenvalue weighted by Gasteiger charge is 2.38.